The van der Waals surface area contributed by atoms with E-state index in [9.17, 15) is 4.79 Å². The molecule has 6 nitrogen and oxygen atoms in total. The number of aromatic nitrogens is 3. The van der Waals surface area contributed by atoms with Gasteiger partial charge in [-0.2, -0.15) is 5.10 Å². The Morgan fingerprint density at radius 2 is 1.76 bits per heavy atom. The number of pyridine rings is 1. The molecule has 1 aliphatic heterocycles. The number of rotatable bonds is 6. The van der Waals surface area contributed by atoms with Crippen molar-refractivity contribution in [1.82, 2.24) is 19.7 Å². The van der Waals surface area contributed by atoms with E-state index in [1.54, 1.807) is 10.9 Å². The monoisotopic (exact) mass is 478 g/mol. The average Bonchev–Trinajstić information content (AvgIpc) is 3.27. The highest BCUT2D eigenvalue weighted by Crippen LogP contribution is 2.34. The van der Waals surface area contributed by atoms with Crippen molar-refractivity contribution in [2.45, 2.75) is 51.0 Å². The smallest absolute Gasteiger partial charge is 0.170 e. The number of morpholine rings is 1. The SMILES string of the molecule is Cc1c(C(=O)Cc2ccc(C3CCC(N4CCOCC4)CC3)nc2)cnn1-c1ccc(Cl)cc1. The highest BCUT2D eigenvalue weighted by atomic mass is 35.5. The first-order chi connectivity index (χ1) is 16.6. The van der Waals surface area contributed by atoms with Gasteiger partial charge in [-0.1, -0.05) is 17.7 Å². The molecule has 0 amide bonds. The minimum absolute atomic E-state index is 0.0540. The van der Waals surface area contributed by atoms with Crippen molar-refractivity contribution >= 4 is 17.4 Å². The maximum atomic E-state index is 13.0. The lowest BCUT2D eigenvalue weighted by Crippen LogP contribution is -2.44. The van der Waals surface area contributed by atoms with Crippen molar-refractivity contribution < 1.29 is 9.53 Å². The molecule has 1 saturated heterocycles. The predicted octanol–water partition coefficient (Wildman–Crippen LogP) is 5.01. The number of carbonyl (C=O) groups excluding carboxylic acids is 1. The zero-order chi connectivity index (χ0) is 23.5. The molecule has 2 aliphatic rings. The molecular weight excluding hydrogens is 448 g/mol. The molecule has 178 valence electrons. The molecule has 3 aromatic rings. The molecule has 0 atom stereocenters. The highest BCUT2D eigenvalue weighted by Gasteiger charge is 2.28. The van der Waals surface area contributed by atoms with Gasteiger partial charge in [-0.05, 0) is 68.5 Å². The number of nitrogens with zero attached hydrogens (tertiary/aromatic N) is 4. The van der Waals surface area contributed by atoms with Crippen molar-refractivity contribution in [1.29, 1.82) is 0 Å². The second kappa shape index (κ2) is 10.4. The van der Waals surface area contributed by atoms with Crippen LogP contribution in [0.5, 0.6) is 0 Å². The molecule has 0 bridgehead atoms. The Labute approximate surface area is 205 Å². The van der Waals surface area contributed by atoms with Crippen LogP contribution in [0.1, 0.15) is 58.9 Å². The number of ketones is 1. The van der Waals surface area contributed by atoms with Crippen LogP contribution in [0, 0.1) is 6.92 Å². The van der Waals surface area contributed by atoms with Crippen LogP contribution < -0.4 is 0 Å². The third kappa shape index (κ3) is 5.09. The van der Waals surface area contributed by atoms with Gasteiger partial charge in [0.2, 0.25) is 0 Å². The van der Waals surface area contributed by atoms with E-state index in [0.717, 1.165) is 48.9 Å². The first-order valence-corrected chi connectivity index (χ1v) is 12.6. The molecule has 34 heavy (non-hydrogen) atoms. The summed E-state index contributed by atoms with van der Waals surface area (Å²) in [6.07, 6.45) is 8.66. The Morgan fingerprint density at radius 1 is 1.03 bits per heavy atom. The predicted molar refractivity (Wildman–Crippen MR) is 133 cm³/mol. The topological polar surface area (TPSA) is 60.3 Å². The summed E-state index contributed by atoms with van der Waals surface area (Å²) < 4.78 is 7.27. The van der Waals surface area contributed by atoms with Crippen LogP contribution in [0.2, 0.25) is 5.02 Å². The molecule has 0 spiro atoms. The van der Waals surface area contributed by atoms with E-state index < -0.39 is 0 Å². The first-order valence-electron chi connectivity index (χ1n) is 12.2. The Bertz CT molecular complexity index is 1110. The molecule has 3 heterocycles. The van der Waals surface area contributed by atoms with Gasteiger partial charge in [0.05, 0.1) is 36.4 Å². The summed E-state index contributed by atoms with van der Waals surface area (Å²) >= 11 is 5.99. The minimum Gasteiger partial charge on any atom is -0.379 e. The van der Waals surface area contributed by atoms with Gasteiger partial charge in [0.25, 0.3) is 0 Å². The van der Waals surface area contributed by atoms with Gasteiger partial charge < -0.3 is 4.74 Å². The summed E-state index contributed by atoms with van der Waals surface area (Å²) in [4.78, 5) is 20.3. The van der Waals surface area contributed by atoms with Crippen LogP contribution in [0.25, 0.3) is 5.69 Å². The number of hydrogen-bond acceptors (Lipinski definition) is 5. The minimum atomic E-state index is 0.0540. The number of benzene rings is 1. The van der Waals surface area contributed by atoms with Crippen molar-refractivity contribution in [2.24, 2.45) is 0 Å². The quantitative estimate of drug-likeness (QED) is 0.466. The summed E-state index contributed by atoms with van der Waals surface area (Å²) in [5.74, 6) is 0.570. The molecule has 1 saturated carbocycles. The number of halogens is 1. The van der Waals surface area contributed by atoms with Crippen LogP contribution in [0.4, 0.5) is 0 Å². The van der Waals surface area contributed by atoms with E-state index in [1.807, 2.05) is 37.4 Å². The second-order valence-electron chi connectivity index (χ2n) is 9.38. The van der Waals surface area contributed by atoms with Crippen molar-refractivity contribution in [3.8, 4) is 5.69 Å². The highest BCUT2D eigenvalue weighted by molar-refractivity contribution is 6.30. The van der Waals surface area contributed by atoms with E-state index in [4.69, 9.17) is 21.3 Å². The molecule has 2 aromatic heterocycles. The molecule has 0 radical (unpaired) electrons. The van der Waals surface area contributed by atoms with Crippen molar-refractivity contribution in [3.05, 3.63) is 76.3 Å². The fraction of sp³-hybridized carbons (Fsp3) is 0.444. The van der Waals surface area contributed by atoms with E-state index in [-0.39, 0.29) is 5.78 Å². The Morgan fingerprint density at radius 3 is 2.44 bits per heavy atom. The zero-order valence-corrected chi connectivity index (χ0v) is 20.4. The summed E-state index contributed by atoms with van der Waals surface area (Å²) in [5.41, 5.74) is 4.45. The molecule has 0 N–H and O–H groups in total. The van der Waals surface area contributed by atoms with Gasteiger partial charge >= 0.3 is 0 Å². The number of hydrogen-bond donors (Lipinski definition) is 0. The number of Topliss-reactive ketones (excluding diaryl/α,β-unsaturated/α-hetero) is 1. The summed E-state index contributed by atoms with van der Waals surface area (Å²) in [6, 6.07) is 12.3. The van der Waals surface area contributed by atoms with Crippen LogP contribution in [-0.2, 0) is 11.2 Å². The van der Waals surface area contributed by atoms with Crippen LogP contribution in [0.3, 0.4) is 0 Å². The van der Waals surface area contributed by atoms with Gasteiger partial charge in [-0.25, -0.2) is 4.68 Å². The third-order valence-corrected chi connectivity index (χ3v) is 7.52. The van der Waals surface area contributed by atoms with Gasteiger partial charge in [0.15, 0.2) is 5.78 Å². The van der Waals surface area contributed by atoms with Gasteiger partial charge in [0.1, 0.15) is 0 Å². The molecule has 0 unspecified atom stereocenters. The van der Waals surface area contributed by atoms with Crippen LogP contribution >= 0.6 is 11.6 Å². The molecule has 5 rings (SSSR count). The second-order valence-corrected chi connectivity index (χ2v) is 9.81. The Balaban J connectivity index is 1.19. The molecule has 2 fully saturated rings. The molecule has 1 aliphatic carbocycles. The van der Waals surface area contributed by atoms with E-state index in [0.29, 0.717) is 29.0 Å². The standard InChI is InChI=1S/C27H31ClN4O2/c1-19-25(18-30-32(19)24-9-5-22(28)6-10-24)27(33)16-20-2-11-26(29-17-20)21-3-7-23(8-4-21)31-12-14-34-15-13-31/h2,5-6,9-11,17-18,21,23H,3-4,7-8,12-16H2,1H3. The lowest BCUT2D eigenvalue weighted by Gasteiger charge is -2.38. The fourth-order valence-electron chi connectivity index (χ4n) is 5.27. The van der Waals surface area contributed by atoms with E-state index in [2.05, 4.69) is 22.1 Å². The van der Waals surface area contributed by atoms with Gasteiger partial charge in [-0.3, -0.25) is 14.7 Å². The van der Waals surface area contributed by atoms with Crippen LogP contribution in [-0.4, -0.2) is 57.8 Å². The maximum absolute atomic E-state index is 13.0. The van der Waals surface area contributed by atoms with Crippen molar-refractivity contribution in [2.75, 3.05) is 26.3 Å². The lowest BCUT2D eigenvalue weighted by atomic mass is 9.83. The Kier molecular flexibility index (Phi) is 7.09. The Hall–Kier alpha value is -2.54. The average molecular weight is 479 g/mol. The first kappa shape index (κ1) is 23.2. The third-order valence-electron chi connectivity index (χ3n) is 7.27. The van der Waals surface area contributed by atoms with Gasteiger partial charge in [-0.15, -0.1) is 0 Å². The van der Waals surface area contributed by atoms with E-state index >= 15 is 0 Å². The fourth-order valence-corrected chi connectivity index (χ4v) is 5.39. The lowest BCUT2D eigenvalue weighted by molar-refractivity contribution is 0.00721. The molecule has 1 aromatic carbocycles. The summed E-state index contributed by atoms with van der Waals surface area (Å²) in [6.45, 7) is 5.78. The molecular formula is C27H31ClN4O2. The summed E-state index contributed by atoms with van der Waals surface area (Å²) in [7, 11) is 0. The number of ether oxygens (including phenoxy) is 1. The number of carbonyl (C=O) groups is 1. The zero-order valence-electron chi connectivity index (χ0n) is 19.6. The summed E-state index contributed by atoms with van der Waals surface area (Å²) in [5, 5.41) is 5.09. The van der Waals surface area contributed by atoms with E-state index in [1.165, 1.54) is 25.7 Å². The van der Waals surface area contributed by atoms with Crippen LogP contribution in [0.15, 0.2) is 48.8 Å². The van der Waals surface area contributed by atoms with Crippen molar-refractivity contribution in [3.63, 3.8) is 0 Å². The molecule has 7 heteroatoms. The van der Waals surface area contributed by atoms with Gasteiger partial charge in [0, 0.05) is 48.4 Å². The maximum Gasteiger partial charge on any atom is 0.170 e. The largest absolute Gasteiger partial charge is 0.379 e. The normalized spacial score (nSPS) is 21.5.